The first kappa shape index (κ1) is 10.4. The Morgan fingerprint density at radius 1 is 1.67 bits per heavy atom. The molecule has 0 saturated carbocycles. The van der Waals surface area contributed by atoms with Gasteiger partial charge in [-0.15, -0.1) is 0 Å². The van der Waals surface area contributed by atoms with E-state index in [4.69, 9.17) is 16.3 Å². The maximum Gasteiger partial charge on any atom is 0.357 e. The van der Waals surface area contributed by atoms with E-state index in [1.54, 1.807) is 6.07 Å². The largest absolute Gasteiger partial charge is 0.456 e. The van der Waals surface area contributed by atoms with Crippen LogP contribution in [-0.4, -0.2) is 30.1 Å². The van der Waals surface area contributed by atoms with Crippen molar-refractivity contribution in [1.82, 2.24) is 10.3 Å². The highest BCUT2D eigenvalue weighted by Gasteiger charge is 2.20. The molecule has 0 aromatic carbocycles. The first-order valence-electron chi connectivity index (χ1n) is 4.79. The van der Waals surface area contributed by atoms with Crippen LogP contribution in [0, 0.1) is 0 Å². The van der Waals surface area contributed by atoms with Crippen molar-refractivity contribution in [2.75, 3.05) is 13.1 Å². The molecule has 1 aromatic heterocycles. The lowest BCUT2D eigenvalue weighted by atomic mass is 10.3. The fourth-order valence-electron chi connectivity index (χ4n) is 1.46. The van der Waals surface area contributed by atoms with Gasteiger partial charge in [-0.05, 0) is 25.1 Å². The third kappa shape index (κ3) is 2.67. The van der Waals surface area contributed by atoms with Crippen molar-refractivity contribution >= 4 is 17.6 Å². The number of nitrogens with zero attached hydrogens (tertiary/aromatic N) is 1. The quantitative estimate of drug-likeness (QED) is 0.772. The lowest BCUT2D eigenvalue weighted by Crippen LogP contribution is -2.21. The lowest BCUT2D eigenvalue weighted by molar-refractivity contribution is 0.0337. The van der Waals surface area contributed by atoms with Crippen LogP contribution in [0.5, 0.6) is 0 Å². The minimum atomic E-state index is -0.411. The second-order valence-corrected chi connectivity index (χ2v) is 3.82. The van der Waals surface area contributed by atoms with Crippen LogP contribution >= 0.6 is 11.6 Å². The Morgan fingerprint density at radius 2 is 2.53 bits per heavy atom. The molecule has 1 atom stereocenters. The highest BCUT2D eigenvalue weighted by Crippen LogP contribution is 2.11. The van der Waals surface area contributed by atoms with Gasteiger partial charge in [0.25, 0.3) is 0 Å². The average molecular weight is 227 g/mol. The van der Waals surface area contributed by atoms with Gasteiger partial charge in [-0.2, -0.15) is 0 Å². The number of nitrogens with one attached hydrogen (secondary N) is 1. The zero-order valence-electron chi connectivity index (χ0n) is 8.07. The maximum atomic E-state index is 11.6. The Kier molecular flexibility index (Phi) is 3.18. The summed E-state index contributed by atoms with van der Waals surface area (Å²) in [5, 5.41) is 3.60. The molecule has 1 aliphatic rings. The summed E-state index contributed by atoms with van der Waals surface area (Å²) in [6.45, 7) is 1.60. The number of carbonyl (C=O) groups is 1. The van der Waals surface area contributed by atoms with Gasteiger partial charge in [0, 0.05) is 17.8 Å². The predicted octanol–water partition coefficient (Wildman–Crippen LogP) is 1.25. The number of aromatic nitrogens is 1. The first-order valence-corrected chi connectivity index (χ1v) is 5.17. The van der Waals surface area contributed by atoms with E-state index in [1.165, 1.54) is 12.3 Å². The molecule has 2 rings (SSSR count). The SMILES string of the molecule is O=C(O[C@@H]1CCNC1)c1cc(Cl)ccn1. The molecular formula is C10H11ClN2O2. The van der Waals surface area contributed by atoms with Gasteiger partial charge < -0.3 is 10.1 Å². The van der Waals surface area contributed by atoms with Gasteiger partial charge in [0.2, 0.25) is 0 Å². The van der Waals surface area contributed by atoms with Gasteiger partial charge in [0.15, 0.2) is 0 Å². The van der Waals surface area contributed by atoms with Crippen LogP contribution in [-0.2, 0) is 4.74 Å². The Bertz CT molecular complexity index is 364. The van der Waals surface area contributed by atoms with Gasteiger partial charge in [-0.1, -0.05) is 11.6 Å². The van der Waals surface area contributed by atoms with Crippen LogP contribution in [0.4, 0.5) is 0 Å². The number of halogens is 1. The van der Waals surface area contributed by atoms with Crippen LogP contribution < -0.4 is 5.32 Å². The highest BCUT2D eigenvalue weighted by atomic mass is 35.5. The summed E-state index contributed by atoms with van der Waals surface area (Å²) in [6, 6.07) is 3.13. The summed E-state index contributed by atoms with van der Waals surface area (Å²) < 4.78 is 5.23. The third-order valence-corrected chi connectivity index (χ3v) is 2.46. The monoisotopic (exact) mass is 226 g/mol. The van der Waals surface area contributed by atoms with Crippen molar-refractivity contribution in [1.29, 1.82) is 0 Å². The molecule has 2 heterocycles. The van der Waals surface area contributed by atoms with Gasteiger partial charge in [0.05, 0.1) is 0 Å². The van der Waals surface area contributed by atoms with E-state index in [0.717, 1.165) is 13.0 Å². The van der Waals surface area contributed by atoms with E-state index in [2.05, 4.69) is 10.3 Å². The van der Waals surface area contributed by atoms with E-state index in [1.807, 2.05) is 0 Å². The maximum absolute atomic E-state index is 11.6. The summed E-state index contributed by atoms with van der Waals surface area (Å²) >= 11 is 5.75. The summed E-state index contributed by atoms with van der Waals surface area (Å²) in [7, 11) is 0. The van der Waals surface area contributed by atoms with Crippen LogP contribution in [0.25, 0.3) is 0 Å². The Morgan fingerprint density at radius 3 is 3.20 bits per heavy atom. The van der Waals surface area contributed by atoms with Crippen molar-refractivity contribution < 1.29 is 9.53 Å². The Balaban J connectivity index is 2.01. The zero-order valence-corrected chi connectivity index (χ0v) is 8.83. The van der Waals surface area contributed by atoms with Crippen LogP contribution in [0.1, 0.15) is 16.9 Å². The van der Waals surface area contributed by atoms with Crippen molar-refractivity contribution in [2.45, 2.75) is 12.5 Å². The normalized spacial score (nSPS) is 20.2. The highest BCUT2D eigenvalue weighted by molar-refractivity contribution is 6.30. The standard InChI is InChI=1S/C10H11ClN2O2/c11-7-1-4-13-9(5-7)10(14)15-8-2-3-12-6-8/h1,4-5,8,12H,2-3,6H2/t8-/m1/s1. The lowest BCUT2D eigenvalue weighted by Gasteiger charge is -2.09. The number of esters is 1. The molecular weight excluding hydrogens is 216 g/mol. The molecule has 0 radical (unpaired) electrons. The summed E-state index contributed by atoms with van der Waals surface area (Å²) in [5.41, 5.74) is 0.259. The van der Waals surface area contributed by atoms with Crippen molar-refractivity contribution in [3.05, 3.63) is 29.0 Å². The van der Waals surface area contributed by atoms with Gasteiger partial charge in [-0.3, -0.25) is 0 Å². The van der Waals surface area contributed by atoms with Crippen molar-refractivity contribution in [3.63, 3.8) is 0 Å². The van der Waals surface area contributed by atoms with Gasteiger partial charge in [0.1, 0.15) is 11.8 Å². The molecule has 15 heavy (non-hydrogen) atoms. The molecule has 0 aliphatic carbocycles. The molecule has 0 unspecified atom stereocenters. The van der Waals surface area contributed by atoms with E-state index in [0.29, 0.717) is 11.6 Å². The van der Waals surface area contributed by atoms with Crippen LogP contribution in [0.3, 0.4) is 0 Å². The summed E-state index contributed by atoms with van der Waals surface area (Å²) in [4.78, 5) is 15.5. The zero-order chi connectivity index (χ0) is 10.7. The minimum absolute atomic E-state index is 0.0433. The summed E-state index contributed by atoms with van der Waals surface area (Å²) in [5.74, 6) is -0.411. The Labute approximate surface area is 92.6 Å². The number of ether oxygens (including phenoxy) is 1. The molecule has 1 saturated heterocycles. The first-order chi connectivity index (χ1) is 7.25. The third-order valence-electron chi connectivity index (χ3n) is 2.22. The molecule has 1 aromatic rings. The Hall–Kier alpha value is -1.13. The minimum Gasteiger partial charge on any atom is -0.456 e. The van der Waals surface area contributed by atoms with E-state index in [-0.39, 0.29) is 11.8 Å². The molecule has 1 fully saturated rings. The second-order valence-electron chi connectivity index (χ2n) is 3.38. The van der Waals surface area contributed by atoms with Crippen LogP contribution in [0.2, 0.25) is 5.02 Å². The molecule has 0 bridgehead atoms. The van der Waals surface area contributed by atoms with Crippen molar-refractivity contribution in [2.24, 2.45) is 0 Å². The predicted molar refractivity (Wildman–Crippen MR) is 55.9 cm³/mol. The average Bonchev–Trinajstić information content (AvgIpc) is 2.70. The van der Waals surface area contributed by atoms with E-state index in [9.17, 15) is 4.79 Å². The molecule has 0 amide bonds. The molecule has 80 valence electrons. The smallest absolute Gasteiger partial charge is 0.357 e. The molecule has 4 nitrogen and oxygen atoms in total. The number of pyridine rings is 1. The molecule has 5 heteroatoms. The topological polar surface area (TPSA) is 51.2 Å². The van der Waals surface area contributed by atoms with Crippen molar-refractivity contribution in [3.8, 4) is 0 Å². The van der Waals surface area contributed by atoms with E-state index >= 15 is 0 Å². The van der Waals surface area contributed by atoms with Gasteiger partial charge in [-0.25, -0.2) is 9.78 Å². The fraction of sp³-hybridized carbons (Fsp3) is 0.400. The fourth-order valence-corrected chi connectivity index (χ4v) is 1.62. The molecule has 1 aliphatic heterocycles. The number of hydrogen-bond donors (Lipinski definition) is 1. The molecule has 0 spiro atoms. The second kappa shape index (κ2) is 4.59. The number of carbonyl (C=O) groups excluding carboxylic acids is 1. The van der Waals surface area contributed by atoms with E-state index < -0.39 is 5.97 Å². The molecule has 1 N–H and O–H groups in total. The number of rotatable bonds is 2. The summed E-state index contributed by atoms with van der Waals surface area (Å²) in [6.07, 6.45) is 2.30. The van der Waals surface area contributed by atoms with Gasteiger partial charge >= 0.3 is 5.97 Å². The number of hydrogen-bond acceptors (Lipinski definition) is 4. The van der Waals surface area contributed by atoms with Crippen LogP contribution in [0.15, 0.2) is 18.3 Å².